The zero-order valence-electron chi connectivity index (χ0n) is 8.61. The van der Waals surface area contributed by atoms with Crippen molar-refractivity contribution in [2.45, 2.75) is 33.2 Å². The van der Waals surface area contributed by atoms with Crippen molar-refractivity contribution < 1.29 is 4.79 Å². The second kappa shape index (κ2) is 4.19. The quantitative estimate of drug-likeness (QED) is 0.400. The average molecular weight is 197 g/mol. The summed E-state index contributed by atoms with van der Waals surface area (Å²) in [6.45, 7) is 5.58. The summed E-state index contributed by atoms with van der Waals surface area (Å²) < 4.78 is 1.73. The van der Waals surface area contributed by atoms with E-state index in [4.69, 9.17) is 5.84 Å². The fourth-order valence-electron chi connectivity index (χ4n) is 1.37. The van der Waals surface area contributed by atoms with Gasteiger partial charge in [0.05, 0.1) is 12.5 Å². The minimum absolute atomic E-state index is 0.0280. The van der Waals surface area contributed by atoms with Crippen molar-refractivity contribution in [1.29, 1.82) is 0 Å². The predicted molar refractivity (Wildman–Crippen MR) is 51.2 cm³/mol. The first-order chi connectivity index (χ1) is 6.54. The molecule has 1 rings (SSSR count). The normalized spacial score (nSPS) is 12.6. The minimum Gasteiger partial charge on any atom is -0.294 e. The summed E-state index contributed by atoms with van der Waals surface area (Å²) in [5.41, 5.74) is 2.09. The number of amides is 1. The highest BCUT2D eigenvalue weighted by Crippen LogP contribution is 2.11. The molecule has 1 aromatic rings. The van der Waals surface area contributed by atoms with Gasteiger partial charge in [0.15, 0.2) is 0 Å². The van der Waals surface area contributed by atoms with Crippen LogP contribution in [0.3, 0.4) is 0 Å². The Hall–Kier alpha value is -1.43. The number of nitrogens with two attached hydrogens (primary N) is 1. The third kappa shape index (κ3) is 2.29. The van der Waals surface area contributed by atoms with Crippen molar-refractivity contribution in [3.63, 3.8) is 0 Å². The molecule has 0 fully saturated rings. The molecule has 0 unspecified atom stereocenters. The lowest BCUT2D eigenvalue weighted by Crippen LogP contribution is -2.31. The number of hydrazine groups is 1. The van der Waals surface area contributed by atoms with Crippen LogP contribution < -0.4 is 11.3 Å². The molecular weight excluding hydrogens is 182 g/mol. The van der Waals surface area contributed by atoms with Crippen LogP contribution in [0.4, 0.5) is 0 Å². The molecule has 1 atom stereocenters. The Morgan fingerprint density at radius 3 is 2.71 bits per heavy atom. The Kier molecular flexibility index (Phi) is 3.19. The second-order valence-corrected chi connectivity index (χ2v) is 3.27. The number of carbonyl (C=O) groups excluding carboxylic acids is 1. The van der Waals surface area contributed by atoms with Gasteiger partial charge in [0.1, 0.15) is 11.6 Å². The van der Waals surface area contributed by atoms with Crippen LogP contribution in [0.5, 0.6) is 0 Å². The second-order valence-electron chi connectivity index (χ2n) is 3.27. The topological polar surface area (TPSA) is 85.8 Å². The Balaban J connectivity index is 2.73. The van der Waals surface area contributed by atoms with E-state index in [1.165, 1.54) is 0 Å². The number of nitrogens with zero attached hydrogens (tertiary/aromatic N) is 3. The van der Waals surface area contributed by atoms with E-state index in [1.54, 1.807) is 4.68 Å². The number of rotatable bonds is 3. The molecule has 1 amide bonds. The lowest BCUT2D eigenvalue weighted by atomic mass is 10.2. The molecule has 0 bridgehead atoms. The van der Waals surface area contributed by atoms with Crippen molar-refractivity contribution in [2.75, 3.05) is 0 Å². The van der Waals surface area contributed by atoms with Gasteiger partial charge in [0, 0.05) is 0 Å². The summed E-state index contributed by atoms with van der Waals surface area (Å²) in [5, 5.41) is 4.18. The Labute approximate surface area is 82.5 Å². The average Bonchev–Trinajstić information content (AvgIpc) is 2.45. The molecule has 3 N–H and O–H groups in total. The van der Waals surface area contributed by atoms with Crippen molar-refractivity contribution in [3.8, 4) is 0 Å². The summed E-state index contributed by atoms with van der Waals surface area (Å²) in [6.07, 6.45) is 0.306. The number of hydrogen-bond donors (Lipinski definition) is 2. The van der Waals surface area contributed by atoms with Crippen LogP contribution in [0, 0.1) is 13.8 Å². The molecule has 0 spiro atoms. The molecule has 1 heterocycles. The molecule has 0 aliphatic carbocycles. The summed E-state index contributed by atoms with van der Waals surface area (Å²) >= 11 is 0. The van der Waals surface area contributed by atoms with Crippen LogP contribution in [0.25, 0.3) is 0 Å². The smallest absolute Gasteiger partial charge is 0.236 e. The zero-order valence-corrected chi connectivity index (χ0v) is 8.61. The first-order valence-corrected chi connectivity index (χ1v) is 4.43. The lowest BCUT2D eigenvalue weighted by Gasteiger charge is -2.11. The monoisotopic (exact) mass is 197 g/mol. The van der Waals surface area contributed by atoms with E-state index in [2.05, 4.69) is 15.5 Å². The van der Waals surface area contributed by atoms with Crippen LogP contribution >= 0.6 is 0 Å². The van der Waals surface area contributed by atoms with Crippen LogP contribution in [-0.4, -0.2) is 20.7 Å². The summed E-state index contributed by atoms with van der Waals surface area (Å²) in [4.78, 5) is 15.2. The van der Waals surface area contributed by atoms with Crippen LogP contribution in [0.2, 0.25) is 0 Å². The third-order valence-corrected chi connectivity index (χ3v) is 1.97. The molecule has 0 saturated carbocycles. The summed E-state index contributed by atoms with van der Waals surface area (Å²) in [6, 6.07) is -0.0280. The van der Waals surface area contributed by atoms with E-state index in [9.17, 15) is 4.79 Å². The molecule has 14 heavy (non-hydrogen) atoms. The van der Waals surface area contributed by atoms with Gasteiger partial charge in [0.25, 0.3) is 0 Å². The first kappa shape index (κ1) is 10.6. The molecular formula is C8H15N5O. The van der Waals surface area contributed by atoms with Gasteiger partial charge in [-0.1, -0.05) is 0 Å². The maximum absolute atomic E-state index is 11.0. The van der Waals surface area contributed by atoms with Gasteiger partial charge in [-0.2, -0.15) is 5.10 Å². The van der Waals surface area contributed by atoms with Gasteiger partial charge in [0.2, 0.25) is 5.91 Å². The first-order valence-electron chi connectivity index (χ1n) is 4.43. The van der Waals surface area contributed by atoms with E-state index in [1.807, 2.05) is 20.8 Å². The standard InChI is InChI=1S/C8H15N5O/c1-5(4-8(14)11-9)13-7(3)10-6(2)12-13/h5H,4,9H2,1-3H3,(H,11,14)/t5-/m1/s1. The number of hydrogen-bond acceptors (Lipinski definition) is 4. The van der Waals surface area contributed by atoms with Crippen LogP contribution in [0.15, 0.2) is 0 Å². The largest absolute Gasteiger partial charge is 0.294 e. The molecule has 6 heteroatoms. The Morgan fingerprint density at radius 1 is 1.64 bits per heavy atom. The number of carbonyl (C=O) groups is 1. The van der Waals surface area contributed by atoms with Crippen molar-refractivity contribution in [2.24, 2.45) is 5.84 Å². The maximum atomic E-state index is 11.0. The Bertz CT molecular complexity index is 332. The van der Waals surface area contributed by atoms with E-state index in [-0.39, 0.29) is 11.9 Å². The summed E-state index contributed by atoms with van der Waals surface area (Å²) in [5.74, 6) is 6.31. The van der Waals surface area contributed by atoms with Crippen molar-refractivity contribution >= 4 is 5.91 Å². The Morgan fingerprint density at radius 2 is 2.29 bits per heavy atom. The highest BCUT2D eigenvalue weighted by atomic mass is 16.2. The SMILES string of the molecule is Cc1nc(C)n([C@H](C)CC(=O)NN)n1. The lowest BCUT2D eigenvalue weighted by molar-refractivity contribution is -0.121. The van der Waals surface area contributed by atoms with Crippen molar-refractivity contribution in [1.82, 2.24) is 20.2 Å². The van der Waals surface area contributed by atoms with Gasteiger partial charge in [-0.05, 0) is 20.8 Å². The van der Waals surface area contributed by atoms with Gasteiger partial charge in [-0.25, -0.2) is 15.5 Å². The minimum atomic E-state index is -0.204. The van der Waals surface area contributed by atoms with Gasteiger partial charge in [-0.3, -0.25) is 10.2 Å². The molecule has 6 nitrogen and oxygen atoms in total. The number of aromatic nitrogens is 3. The van der Waals surface area contributed by atoms with Crippen molar-refractivity contribution in [3.05, 3.63) is 11.6 Å². The van der Waals surface area contributed by atoms with E-state index < -0.39 is 0 Å². The van der Waals surface area contributed by atoms with E-state index in [0.29, 0.717) is 12.2 Å². The summed E-state index contributed by atoms with van der Waals surface area (Å²) in [7, 11) is 0. The van der Waals surface area contributed by atoms with Gasteiger partial charge >= 0.3 is 0 Å². The molecule has 0 radical (unpaired) electrons. The molecule has 78 valence electrons. The van der Waals surface area contributed by atoms with Gasteiger partial charge in [-0.15, -0.1) is 0 Å². The van der Waals surface area contributed by atoms with Crippen LogP contribution in [0.1, 0.15) is 31.0 Å². The number of nitrogens with one attached hydrogen (secondary N) is 1. The highest BCUT2D eigenvalue weighted by Gasteiger charge is 2.13. The number of aryl methyl sites for hydroxylation is 2. The molecule has 0 aliphatic heterocycles. The molecule has 0 aromatic carbocycles. The fourth-order valence-corrected chi connectivity index (χ4v) is 1.37. The predicted octanol–water partition coefficient (Wildman–Crippen LogP) is -0.164. The maximum Gasteiger partial charge on any atom is 0.236 e. The molecule has 0 aliphatic rings. The van der Waals surface area contributed by atoms with Crippen LogP contribution in [-0.2, 0) is 4.79 Å². The van der Waals surface area contributed by atoms with E-state index >= 15 is 0 Å². The van der Waals surface area contributed by atoms with Gasteiger partial charge < -0.3 is 0 Å². The molecule has 1 aromatic heterocycles. The molecule has 0 saturated heterocycles. The fraction of sp³-hybridized carbons (Fsp3) is 0.625. The third-order valence-electron chi connectivity index (χ3n) is 1.97. The van der Waals surface area contributed by atoms with E-state index in [0.717, 1.165) is 5.82 Å². The highest BCUT2D eigenvalue weighted by molar-refractivity contribution is 5.75. The zero-order chi connectivity index (χ0) is 10.7.